The monoisotopic (exact) mass is 767 g/mol. The number of nitrogens with zero attached hydrogens (tertiary/aromatic N) is 2. The standard InChI is InChI=1S/C47H66N4O5/c1-2-3-4-5-6-7-8-9-10-11-12-13-17-23-44(53)49-40-20-18-19-39(32-40)45-55-42(33-43(56-45)38-26-24-37(35-52)25-27-38)34-50-30-28-47(29-31-50)46(54)48-36-51(47)41-21-15-14-16-22-41/h14-16,18-22,24-27,32,42-43,45,52H,2-13,17,23,28-31,33-36H2,1H3,(H,48,54)(H,49,53). The first-order chi connectivity index (χ1) is 27.5. The average molecular weight is 767 g/mol. The Bertz CT molecular complexity index is 1630. The van der Waals surface area contributed by atoms with Crippen molar-refractivity contribution in [1.29, 1.82) is 0 Å². The molecular formula is C47H66N4O5. The maximum Gasteiger partial charge on any atom is 0.247 e. The molecule has 3 aromatic carbocycles. The molecule has 9 heteroatoms. The molecule has 304 valence electrons. The third-order valence-electron chi connectivity index (χ3n) is 12.1. The van der Waals surface area contributed by atoms with Crippen LogP contribution in [-0.4, -0.2) is 59.8 Å². The van der Waals surface area contributed by atoms with Gasteiger partial charge in [-0.05, 0) is 54.7 Å². The van der Waals surface area contributed by atoms with Gasteiger partial charge in [0.25, 0.3) is 0 Å². The lowest BCUT2D eigenvalue weighted by Gasteiger charge is -2.45. The fourth-order valence-electron chi connectivity index (χ4n) is 8.75. The minimum absolute atomic E-state index is 0.00574. The van der Waals surface area contributed by atoms with E-state index in [1.807, 2.05) is 66.7 Å². The van der Waals surface area contributed by atoms with E-state index in [2.05, 4.69) is 39.5 Å². The highest BCUT2D eigenvalue weighted by atomic mass is 16.7. The summed E-state index contributed by atoms with van der Waals surface area (Å²) in [5.74, 6) is 0.158. The number of para-hydroxylation sites is 1. The number of anilines is 2. The van der Waals surface area contributed by atoms with Crippen LogP contribution in [0.3, 0.4) is 0 Å². The molecular weight excluding hydrogens is 701 g/mol. The number of aliphatic hydroxyl groups excluding tert-OH is 1. The molecule has 3 aromatic rings. The van der Waals surface area contributed by atoms with Gasteiger partial charge < -0.3 is 35.0 Å². The van der Waals surface area contributed by atoms with Crippen LogP contribution in [0.5, 0.6) is 0 Å². The molecule has 0 radical (unpaired) electrons. The van der Waals surface area contributed by atoms with Gasteiger partial charge in [0.2, 0.25) is 11.8 Å². The molecule has 3 N–H and O–H groups in total. The quantitative estimate of drug-likeness (QED) is 0.0929. The lowest BCUT2D eigenvalue weighted by Crippen LogP contribution is -2.57. The van der Waals surface area contributed by atoms with E-state index >= 15 is 0 Å². The number of carbonyl (C=O) groups excluding carboxylic acids is 2. The number of rotatable bonds is 21. The number of likely N-dealkylation sites (tertiary alicyclic amines) is 1. The zero-order valence-electron chi connectivity index (χ0n) is 33.8. The van der Waals surface area contributed by atoms with E-state index in [9.17, 15) is 14.7 Å². The lowest BCUT2D eigenvalue weighted by molar-refractivity contribution is -0.253. The number of piperidine rings is 1. The average Bonchev–Trinajstić information content (AvgIpc) is 3.54. The van der Waals surface area contributed by atoms with Gasteiger partial charge in [-0.2, -0.15) is 0 Å². The SMILES string of the molecule is CCCCCCCCCCCCCCCC(=O)Nc1cccc(C2OC(CN3CCC4(CC3)C(=O)NCN4c3ccccc3)CC(c3ccc(CO)cc3)O2)c1. The summed E-state index contributed by atoms with van der Waals surface area (Å²) in [7, 11) is 0. The van der Waals surface area contributed by atoms with E-state index in [0.29, 0.717) is 19.5 Å². The van der Waals surface area contributed by atoms with Gasteiger partial charge in [0.15, 0.2) is 6.29 Å². The number of benzene rings is 3. The topological polar surface area (TPSA) is 103 Å². The second-order valence-corrected chi connectivity index (χ2v) is 16.3. The van der Waals surface area contributed by atoms with Crippen molar-refractivity contribution in [3.8, 4) is 0 Å². The number of unbranched alkanes of at least 4 members (excludes halogenated alkanes) is 12. The maximum absolute atomic E-state index is 13.3. The summed E-state index contributed by atoms with van der Waals surface area (Å²) in [5.41, 5.74) is 4.05. The Morgan fingerprint density at radius 2 is 1.46 bits per heavy atom. The first-order valence-corrected chi connectivity index (χ1v) is 21.7. The Labute approximate surface area is 335 Å². The molecule has 3 aliphatic heterocycles. The Morgan fingerprint density at radius 3 is 2.12 bits per heavy atom. The van der Waals surface area contributed by atoms with Crippen LogP contribution < -0.4 is 15.5 Å². The largest absolute Gasteiger partial charge is 0.392 e. The summed E-state index contributed by atoms with van der Waals surface area (Å²) >= 11 is 0. The van der Waals surface area contributed by atoms with Crippen molar-refractivity contribution >= 4 is 23.2 Å². The first-order valence-electron chi connectivity index (χ1n) is 21.7. The van der Waals surface area contributed by atoms with Crippen LogP contribution in [-0.2, 0) is 25.7 Å². The molecule has 3 heterocycles. The number of amides is 2. The molecule has 3 saturated heterocycles. The van der Waals surface area contributed by atoms with Gasteiger partial charge in [0, 0.05) is 49.4 Å². The molecule has 0 saturated carbocycles. The van der Waals surface area contributed by atoms with Crippen LogP contribution >= 0.6 is 0 Å². The Hall–Kier alpha value is -3.76. The van der Waals surface area contributed by atoms with Gasteiger partial charge in [0.1, 0.15) is 5.54 Å². The Balaban J connectivity index is 1.000. The number of carbonyl (C=O) groups is 2. The summed E-state index contributed by atoms with van der Waals surface area (Å²) in [6.45, 7) is 5.10. The molecule has 0 bridgehead atoms. The fraction of sp³-hybridized carbons (Fsp3) is 0.574. The van der Waals surface area contributed by atoms with Crippen molar-refractivity contribution < 1.29 is 24.2 Å². The number of ether oxygens (including phenoxy) is 2. The predicted octanol–water partition coefficient (Wildman–Crippen LogP) is 9.57. The molecule has 56 heavy (non-hydrogen) atoms. The normalized spacial score (nSPS) is 21.0. The van der Waals surface area contributed by atoms with Crippen molar-refractivity contribution in [2.24, 2.45) is 0 Å². The van der Waals surface area contributed by atoms with Crippen LogP contribution in [0.25, 0.3) is 0 Å². The zero-order chi connectivity index (χ0) is 39.0. The maximum atomic E-state index is 13.3. The molecule has 3 aliphatic rings. The van der Waals surface area contributed by atoms with Crippen LogP contribution in [0.2, 0.25) is 0 Å². The highest BCUT2D eigenvalue weighted by Gasteiger charge is 2.50. The number of hydrogen-bond donors (Lipinski definition) is 3. The summed E-state index contributed by atoms with van der Waals surface area (Å²) < 4.78 is 13.3. The molecule has 3 unspecified atom stereocenters. The van der Waals surface area contributed by atoms with Gasteiger partial charge in [-0.3, -0.25) is 9.59 Å². The van der Waals surface area contributed by atoms with Gasteiger partial charge in [-0.1, -0.05) is 139 Å². The molecule has 0 aliphatic carbocycles. The Kier molecular flexibility index (Phi) is 16.2. The molecule has 3 atom stereocenters. The van der Waals surface area contributed by atoms with Gasteiger partial charge in [0.05, 0.1) is 25.5 Å². The molecule has 9 nitrogen and oxygen atoms in total. The van der Waals surface area contributed by atoms with E-state index in [1.165, 1.54) is 70.6 Å². The third kappa shape index (κ3) is 11.7. The highest BCUT2D eigenvalue weighted by molar-refractivity contribution is 5.93. The van der Waals surface area contributed by atoms with E-state index in [0.717, 1.165) is 73.4 Å². The van der Waals surface area contributed by atoms with Crippen molar-refractivity contribution in [2.75, 3.05) is 36.5 Å². The summed E-state index contributed by atoms with van der Waals surface area (Å²) in [5, 5.41) is 15.9. The van der Waals surface area contributed by atoms with Crippen molar-refractivity contribution in [3.05, 3.63) is 95.6 Å². The van der Waals surface area contributed by atoms with Crippen LogP contribution in [0, 0.1) is 0 Å². The van der Waals surface area contributed by atoms with Crippen molar-refractivity contribution in [1.82, 2.24) is 10.2 Å². The van der Waals surface area contributed by atoms with Gasteiger partial charge >= 0.3 is 0 Å². The Morgan fingerprint density at radius 1 is 0.804 bits per heavy atom. The third-order valence-corrected chi connectivity index (χ3v) is 12.1. The van der Waals surface area contributed by atoms with Crippen LogP contribution in [0.1, 0.15) is 145 Å². The second kappa shape index (κ2) is 21.7. The van der Waals surface area contributed by atoms with E-state index < -0.39 is 11.8 Å². The molecule has 2 amide bonds. The highest BCUT2D eigenvalue weighted by Crippen LogP contribution is 2.40. The van der Waals surface area contributed by atoms with Crippen LogP contribution in [0.4, 0.5) is 11.4 Å². The molecule has 3 fully saturated rings. The first kappa shape index (κ1) is 41.9. The minimum atomic E-state index is -0.612. The number of nitrogens with one attached hydrogen (secondary N) is 2. The fourth-order valence-corrected chi connectivity index (χ4v) is 8.75. The van der Waals surface area contributed by atoms with Crippen LogP contribution in [0.15, 0.2) is 78.9 Å². The summed E-state index contributed by atoms with van der Waals surface area (Å²) in [4.78, 5) is 30.9. The van der Waals surface area contributed by atoms with E-state index in [1.54, 1.807) is 0 Å². The van der Waals surface area contributed by atoms with Gasteiger partial charge in [-0.25, -0.2) is 0 Å². The lowest BCUT2D eigenvalue weighted by atomic mass is 9.85. The number of hydrogen-bond acceptors (Lipinski definition) is 7. The van der Waals surface area contributed by atoms with E-state index in [4.69, 9.17) is 9.47 Å². The smallest absolute Gasteiger partial charge is 0.247 e. The van der Waals surface area contributed by atoms with E-state index in [-0.39, 0.29) is 30.6 Å². The zero-order valence-corrected chi connectivity index (χ0v) is 33.8. The summed E-state index contributed by atoms with van der Waals surface area (Å²) in [6, 6.07) is 26.0. The summed E-state index contributed by atoms with van der Waals surface area (Å²) in [6.07, 6.45) is 18.5. The predicted molar refractivity (Wildman–Crippen MR) is 224 cm³/mol. The second-order valence-electron chi connectivity index (χ2n) is 16.3. The minimum Gasteiger partial charge on any atom is -0.392 e. The van der Waals surface area contributed by atoms with Gasteiger partial charge in [-0.15, -0.1) is 0 Å². The van der Waals surface area contributed by atoms with Crippen molar-refractivity contribution in [3.63, 3.8) is 0 Å². The molecule has 1 spiro atoms. The molecule has 0 aromatic heterocycles. The number of aliphatic hydroxyl groups is 1. The molecule has 6 rings (SSSR count). The van der Waals surface area contributed by atoms with Crippen molar-refractivity contribution in [2.45, 2.75) is 147 Å².